The zero-order valence-corrected chi connectivity index (χ0v) is 17.8. The van der Waals surface area contributed by atoms with Gasteiger partial charge in [0.15, 0.2) is 4.96 Å². The van der Waals surface area contributed by atoms with Gasteiger partial charge < -0.3 is 15.4 Å². The van der Waals surface area contributed by atoms with Crippen LogP contribution in [0.2, 0.25) is 0 Å². The van der Waals surface area contributed by atoms with Crippen LogP contribution in [0.3, 0.4) is 0 Å². The number of carbonyl (C=O) groups is 1. The fourth-order valence-corrected chi connectivity index (χ4v) is 6.34. The molecule has 28 heavy (non-hydrogen) atoms. The van der Waals surface area contributed by atoms with E-state index in [9.17, 15) is 4.79 Å². The Kier molecular flexibility index (Phi) is 4.54. The van der Waals surface area contributed by atoms with Crippen LogP contribution in [0.5, 0.6) is 0 Å². The average molecular weight is 417 g/mol. The van der Waals surface area contributed by atoms with Gasteiger partial charge in [0, 0.05) is 28.1 Å². The normalized spacial score (nSPS) is 18.5. The highest BCUT2D eigenvalue weighted by atomic mass is 32.1. The summed E-state index contributed by atoms with van der Waals surface area (Å²) in [7, 11) is 0. The van der Waals surface area contributed by atoms with E-state index in [2.05, 4.69) is 39.9 Å². The number of amides is 1. The molecule has 0 unspecified atom stereocenters. The Labute approximate surface area is 171 Å². The minimum atomic E-state index is -0.197. The average Bonchev–Trinajstić information content (AvgIpc) is 3.37. The number of hydrogen-bond donors (Lipinski definition) is 2. The van der Waals surface area contributed by atoms with E-state index in [1.165, 1.54) is 21.0 Å². The van der Waals surface area contributed by atoms with E-state index in [1.54, 1.807) is 22.7 Å². The van der Waals surface area contributed by atoms with Crippen LogP contribution in [0.15, 0.2) is 12.3 Å². The first kappa shape index (κ1) is 18.3. The minimum absolute atomic E-state index is 0.0206. The smallest absolute Gasteiger partial charge is 0.261 e. The third kappa shape index (κ3) is 2.99. The van der Waals surface area contributed by atoms with Gasteiger partial charge in [-0.05, 0) is 51.4 Å². The highest BCUT2D eigenvalue weighted by molar-refractivity contribution is 7.17. The molecule has 6 nitrogen and oxygen atoms in total. The van der Waals surface area contributed by atoms with Crippen molar-refractivity contribution in [2.24, 2.45) is 0 Å². The summed E-state index contributed by atoms with van der Waals surface area (Å²) in [6.07, 6.45) is 4.87. The summed E-state index contributed by atoms with van der Waals surface area (Å²) in [5, 5.41) is 6.45. The molecule has 3 aromatic rings. The molecule has 1 fully saturated rings. The molecule has 0 bridgehead atoms. The van der Waals surface area contributed by atoms with Crippen molar-refractivity contribution in [3.63, 3.8) is 0 Å². The Morgan fingerprint density at radius 1 is 1.36 bits per heavy atom. The fourth-order valence-electron chi connectivity index (χ4n) is 4.22. The summed E-state index contributed by atoms with van der Waals surface area (Å²) < 4.78 is 8.32. The van der Waals surface area contributed by atoms with Gasteiger partial charge in [0.2, 0.25) is 0 Å². The van der Waals surface area contributed by atoms with E-state index in [0.29, 0.717) is 6.54 Å². The molecule has 0 radical (unpaired) electrons. The van der Waals surface area contributed by atoms with Gasteiger partial charge >= 0.3 is 0 Å². The van der Waals surface area contributed by atoms with Gasteiger partial charge in [-0.2, -0.15) is 0 Å². The number of thiophene rings is 1. The van der Waals surface area contributed by atoms with E-state index < -0.39 is 0 Å². The molecule has 2 aliphatic heterocycles. The van der Waals surface area contributed by atoms with Crippen molar-refractivity contribution < 1.29 is 9.53 Å². The third-order valence-corrected chi connectivity index (χ3v) is 8.18. The lowest BCUT2D eigenvalue weighted by Gasteiger charge is -2.40. The van der Waals surface area contributed by atoms with Crippen molar-refractivity contribution in [2.75, 3.05) is 19.7 Å². The Balaban J connectivity index is 1.33. The van der Waals surface area contributed by atoms with Gasteiger partial charge in [-0.15, -0.1) is 22.7 Å². The number of thiazole rings is 1. The van der Waals surface area contributed by atoms with Crippen molar-refractivity contribution in [1.82, 2.24) is 20.0 Å². The van der Waals surface area contributed by atoms with E-state index in [1.807, 2.05) is 6.20 Å². The fraction of sp³-hybridized carbons (Fsp3) is 0.500. The van der Waals surface area contributed by atoms with Crippen LogP contribution in [0, 0.1) is 13.8 Å². The quantitative estimate of drug-likeness (QED) is 0.688. The van der Waals surface area contributed by atoms with Gasteiger partial charge in [-0.1, -0.05) is 0 Å². The van der Waals surface area contributed by atoms with Crippen molar-refractivity contribution >= 4 is 33.5 Å². The molecule has 3 aromatic heterocycles. The number of nitrogens with zero attached hydrogens (tertiary/aromatic N) is 2. The number of carbonyl (C=O) groups excluding carboxylic acids is 1. The van der Waals surface area contributed by atoms with E-state index in [0.717, 1.165) is 54.5 Å². The molecule has 1 saturated heterocycles. The first-order valence-electron chi connectivity index (χ1n) is 9.76. The van der Waals surface area contributed by atoms with Gasteiger partial charge in [-0.3, -0.25) is 9.20 Å². The second kappa shape index (κ2) is 6.95. The molecular weight excluding hydrogens is 392 g/mol. The monoisotopic (exact) mass is 416 g/mol. The Bertz CT molecular complexity index is 1040. The van der Waals surface area contributed by atoms with Crippen LogP contribution in [-0.2, 0) is 23.3 Å². The van der Waals surface area contributed by atoms with E-state index in [4.69, 9.17) is 4.74 Å². The molecule has 8 heteroatoms. The topological polar surface area (TPSA) is 67.7 Å². The minimum Gasteiger partial charge on any atom is -0.370 e. The molecule has 0 saturated carbocycles. The summed E-state index contributed by atoms with van der Waals surface area (Å²) >= 11 is 3.30. The maximum atomic E-state index is 12.8. The SMILES string of the molecule is Cc1sc2nc(CNC(=O)c3cc4c(s3)CCOC43CCNCC3)cn2c1C. The molecule has 0 aliphatic carbocycles. The zero-order chi connectivity index (χ0) is 19.3. The molecule has 0 aromatic carbocycles. The van der Waals surface area contributed by atoms with Gasteiger partial charge in [0.1, 0.15) is 0 Å². The predicted molar refractivity (Wildman–Crippen MR) is 111 cm³/mol. The molecule has 5 heterocycles. The molecular formula is C20H24N4O2S2. The molecule has 5 rings (SSSR count). The number of aryl methyl sites for hydroxylation is 2. The molecule has 2 N–H and O–H groups in total. The molecule has 0 atom stereocenters. The van der Waals surface area contributed by atoms with Crippen LogP contribution in [0.4, 0.5) is 0 Å². The Hall–Kier alpha value is -1.74. The number of piperidine rings is 1. The summed E-state index contributed by atoms with van der Waals surface area (Å²) in [5.74, 6) is -0.0206. The van der Waals surface area contributed by atoms with Gasteiger partial charge in [0.25, 0.3) is 5.91 Å². The number of rotatable bonds is 3. The van der Waals surface area contributed by atoms with Crippen molar-refractivity contribution in [3.05, 3.63) is 43.8 Å². The first-order chi connectivity index (χ1) is 13.6. The number of fused-ring (bicyclic) bond motifs is 3. The maximum absolute atomic E-state index is 12.8. The Morgan fingerprint density at radius 3 is 2.96 bits per heavy atom. The lowest BCUT2D eigenvalue weighted by molar-refractivity contribution is -0.0792. The predicted octanol–water partition coefficient (Wildman–Crippen LogP) is 3.16. The third-order valence-electron chi connectivity index (χ3n) is 5.91. The number of nitrogens with one attached hydrogen (secondary N) is 2. The molecule has 1 amide bonds. The van der Waals surface area contributed by atoms with Gasteiger partial charge in [0.05, 0.1) is 29.3 Å². The van der Waals surface area contributed by atoms with Crippen molar-refractivity contribution in [2.45, 2.75) is 45.3 Å². The van der Waals surface area contributed by atoms with Crippen molar-refractivity contribution in [1.29, 1.82) is 0 Å². The number of imidazole rings is 1. The number of aromatic nitrogens is 2. The summed E-state index contributed by atoms with van der Waals surface area (Å²) in [6.45, 7) is 7.32. The van der Waals surface area contributed by atoms with E-state index >= 15 is 0 Å². The van der Waals surface area contributed by atoms with Crippen LogP contribution >= 0.6 is 22.7 Å². The van der Waals surface area contributed by atoms with Crippen LogP contribution in [-0.4, -0.2) is 35.0 Å². The summed E-state index contributed by atoms with van der Waals surface area (Å²) in [4.78, 5) is 21.8. The van der Waals surface area contributed by atoms with Gasteiger partial charge in [-0.25, -0.2) is 4.98 Å². The lowest BCUT2D eigenvalue weighted by atomic mass is 9.83. The number of hydrogen-bond acceptors (Lipinski definition) is 6. The first-order valence-corrected chi connectivity index (χ1v) is 11.4. The zero-order valence-electron chi connectivity index (χ0n) is 16.1. The highest BCUT2D eigenvalue weighted by Gasteiger charge is 2.40. The van der Waals surface area contributed by atoms with E-state index in [-0.39, 0.29) is 11.5 Å². The number of ether oxygens (including phenoxy) is 1. The molecule has 148 valence electrons. The summed E-state index contributed by atoms with van der Waals surface area (Å²) in [6, 6.07) is 2.07. The largest absolute Gasteiger partial charge is 0.370 e. The second-order valence-electron chi connectivity index (χ2n) is 7.60. The molecule has 1 spiro atoms. The maximum Gasteiger partial charge on any atom is 0.261 e. The standard InChI is InChI=1S/C20H24N4O2S2/c1-12-13(2)27-19-23-14(11-24(12)19)10-22-18(25)17-9-15-16(28-17)3-8-26-20(15)4-6-21-7-5-20/h9,11,21H,3-8,10H2,1-2H3,(H,22,25). The summed E-state index contributed by atoms with van der Waals surface area (Å²) in [5.41, 5.74) is 3.15. The Morgan fingerprint density at radius 2 is 2.18 bits per heavy atom. The van der Waals surface area contributed by atoms with Crippen LogP contribution in [0.25, 0.3) is 4.96 Å². The lowest BCUT2D eigenvalue weighted by Crippen LogP contribution is -2.44. The van der Waals surface area contributed by atoms with Crippen LogP contribution < -0.4 is 10.6 Å². The highest BCUT2D eigenvalue weighted by Crippen LogP contribution is 2.43. The van der Waals surface area contributed by atoms with Crippen LogP contribution in [0.1, 0.15) is 49.2 Å². The second-order valence-corrected chi connectivity index (χ2v) is 9.92. The van der Waals surface area contributed by atoms with Crippen molar-refractivity contribution in [3.8, 4) is 0 Å². The molecule has 2 aliphatic rings.